The van der Waals surface area contributed by atoms with E-state index in [1.807, 2.05) is 0 Å². The maximum atomic E-state index is 13.7. The molecule has 0 atom stereocenters. The lowest BCUT2D eigenvalue weighted by Crippen LogP contribution is -2.31. The van der Waals surface area contributed by atoms with Crippen LogP contribution in [0, 0.1) is 15.9 Å². The Morgan fingerprint density at radius 3 is 2.44 bits per heavy atom. The van der Waals surface area contributed by atoms with E-state index in [0.29, 0.717) is 11.6 Å². The highest BCUT2D eigenvalue weighted by atomic mass is 19.3. The molecule has 7 nitrogen and oxygen atoms in total. The molecule has 2 aromatic carbocycles. The Morgan fingerprint density at radius 1 is 1.22 bits per heavy atom. The number of ether oxygens (including phenoxy) is 2. The van der Waals surface area contributed by atoms with Crippen LogP contribution in [-0.2, 0) is 11.3 Å². The zero-order valence-electron chi connectivity index (χ0n) is 14.1. The fraction of sp³-hybridized carbons (Fsp3) is 0.235. The van der Waals surface area contributed by atoms with E-state index in [1.54, 1.807) is 0 Å². The smallest absolute Gasteiger partial charge is 0.387 e. The second kappa shape index (κ2) is 8.88. The molecular weight excluding hydrogens is 369 g/mol. The van der Waals surface area contributed by atoms with E-state index in [9.17, 15) is 28.1 Å². The highest BCUT2D eigenvalue weighted by Gasteiger charge is 2.15. The fourth-order valence-electron chi connectivity index (χ4n) is 2.11. The van der Waals surface area contributed by atoms with Crippen LogP contribution in [0.25, 0.3) is 0 Å². The first-order valence-electron chi connectivity index (χ1n) is 7.60. The molecule has 144 valence electrons. The number of halogens is 3. The van der Waals surface area contributed by atoms with Crippen LogP contribution in [0.1, 0.15) is 5.56 Å². The third-order valence-electron chi connectivity index (χ3n) is 3.47. The van der Waals surface area contributed by atoms with E-state index in [1.165, 1.54) is 36.2 Å². The largest absolute Gasteiger partial charge is 0.481 e. The third kappa shape index (κ3) is 5.87. The van der Waals surface area contributed by atoms with Gasteiger partial charge in [-0.2, -0.15) is 8.78 Å². The topological polar surface area (TPSA) is 81.9 Å². The van der Waals surface area contributed by atoms with E-state index in [0.717, 1.165) is 12.1 Å². The molecule has 0 aromatic heterocycles. The first-order valence-corrected chi connectivity index (χ1v) is 7.60. The van der Waals surface area contributed by atoms with Gasteiger partial charge in [-0.1, -0.05) is 12.1 Å². The summed E-state index contributed by atoms with van der Waals surface area (Å²) in [5.41, 5.74) is 0.233. The number of hydrogen-bond acceptors (Lipinski definition) is 5. The SMILES string of the molecule is CN(Cc1ccc(OC(F)F)cc1)C(=O)COc1ccc([N+](=O)[O-])cc1F. The molecule has 10 heteroatoms. The van der Waals surface area contributed by atoms with Gasteiger partial charge in [-0.25, -0.2) is 4.39 Å². The number of benzene rings is 2. The summed E-state index contributed by atoms with van der Waals surface area (Å²) in [5, 5.41) is 10.6. The van der Waals surface area contributed by atoms with E-state index in [4.69, 9.17) is 4.74 Å². The normalized spacial score (nSPS) is 10.6. The molecule has 0 aliphatic heterocycles. The average Bonchev–Trinajstić information content (AvgIpc) is 2.61. The van der Waals surface area contributed by atoms with Gasteiger partial charge in [0, 0.05) is 19.7 Å². The molecule has 0 saturated carbocycles. The molecule has 0 N–H and O–H groups in total. The molecule has 2 rings (SSSR count). The minimum absolute atomic E-state index is 0.000269. The van der Waals surface area contributed by atoms with Gasteiger partial charge in [0.15, 0.2) is 18.2 Å². The minimum Gasteiger partial charge on any atom is -0.481 e. The lowest BCUT2D eigenvalue weighted by atomic mass is 10.2. The van der Waals surface area contributed by atoms with Crippen molar-refractivity contribution in [3.63, 3.8) is 0 Å². The van der Waals surface area contributed by atoms with Crippen LogP contribution in [0.2, 0.25) is 0 Å². The molecule has 1 amide bonds. The molecule has 0 unspecified atom stereocenters. The first-order chi connectivity index (χ1) is 12.8. The van der Waals surface area contributed by atoms with Gasteiger partial charge in [0.2, 0.25) is 0 Å². The van der Waals surface area contributed by atoms with Gasteiger partial charge in [0.05, 0.1) is 11.0 Å². The van der Waals surface area contributed by atoms with Crippen LogP contribution < -0.4 is 9.47 Å². The van der Waals surface area contributed by atoms with Gasteiger partial charge in [-0.15, -0.1) is 0 Å². The lowest BCUT2D eigenvalue weighted by molar-refractivity contribution is -0.385. The Labute approximate surface area is 152 Å². The summed E-state index contributed by atoms with van der Waals surface area (Å²) in [6.45, 7) is -3.23. The van der Waals surface area contributed by atoms with Crippen LogP contribution in [-0.4, -0.2) is 36.0 Å². The minimum atomic E-state index is -2.92. The molecule has 0 saturated heterocycles. The van der Waals surface area contributed by atoms with Crippen LogP contribution in [0.5, 0.6) is 11.5 Å². The number of carbonyl (C=O) groups is 1. The van der Waals surface area contributed by atoms with Crippen molar-refractivity contribution in [3.8, 4) is 11.5 Å². The van der Waals surface area contributed by atoms with Crippen molar-refractivity contribution in [2.75, 3.05) is 13.7 Å². The molecular formula is C17H15F3N2O5. The number of rotatable bonds is 8. The second-order valence-corrected chi connectivity index (χ2v) is 5.43. The van der Waals surface area contributed by atoms with Gasteiger partial charge in [-0.3, -0.25) is 14.9 Å². The van der Waals surface area contributed by atoms with E-state index >= 15 is 0 Å². The second-order valence-electron chi connectivity index (χ2n) is 5.43. The van der Waals surface area contributed by atoms with Gasteiger partial charge in [-0.05, 0) is 23.8 Å². The van der Waals surface area contributed by atoms with Crippen molar-refractivity contribution in [1.82, 2.24) is 4.90 Å². The molecule has 0 aliphatic rings. The fourth-order valence-corrected chi connectivity index (χ4v) is 2.11. The molecule has 0 aliphatic carbocycles. The summed E-state index contributed by atoms with van der Waals surface area (Å²) >= 11 is 0. The average molecular weight is 384 g/mol. The van der Waals surface area contributed by atoms with Crippen molar-refractivity contribution in [2.24, 2.45) is 0 Å². The Morgan fingerprint density at radius 2 is 1.89 bits per heavy atom. The molecule has 0 radical (unpaired) electrons. The summed E-state index contributed by atoms with van der Waals surface area (Å²) in [7, 11) is 1.49. The zero-order valence-corrected chi connectivity index (χ0v) is 14.1. The van der Waals surface area contributed by atoms with Crippen molar-refractivity contribution in [1.29, 1.82) is 0 Å². The summed E-state index contributed by atoms with van der Waals surface area (Å²) in [6.07, 6.45) is 0. The zero-order chi connectivity index (χ0) is 20.0. The van der Waals surface area contributed by atoms with Crippen LogP contribution >= 0.6 is 0 Å². The number of likely N-dealkylation sites (N-methyl/N-ethyl adjacent to an activating group) is 1. The third-order valence-corrected chi connectivity index (χ3v) is 3.47. The summed E-state index contributed by atoms with van der Waals surface area (Å²) in [6, 6.07) is 8.59. The van der Waals surface area contributed by atoms with Crippen molar-refractivity contribution < 1.29 is 32.4 Å². The summed E-state index contributed by atoms with van der Waals surface area (Å²) in [4.78, 5) is 23.2. The highest BCUT2D eigenvalue weighted by Crippen LogP contribution is 2.22. The number of non-ortho nitro benzene ring substituents is 1. The highest BCUT2D eigenvalue weighted by molar-refractivity contribution is 5.77. The summed E-state index contributed by atoms with van der Waals surface area (Å²) in [5.74, 6) is -1.70. The Balaban J connectivity index is 1.89. The van der Waals surface area contributed by atoms with Crippen molar-refractivity contribution >= 4 is 11.6 Å². The lowest BCUT2D eigenvalue weighted by Gasteiger charge is -2.18. The van der Waals surface area contributed by atoms with E-state index in [-0.39, 0.29) is 18.0 Å². The predicted octanol–water partition coefficient (Wildman–Crippen LogP) is 3.37. The molecule has 0 bridgehead atoms. The van der Waals surface area contributed by atoms with Crippen LogP contribution in [0.15, 0.2) is 42.5 Å². The van der Waals surface area contributed by atoms with Crippen LogP contribution in [0.4, 0.5) is 18.9 Å². The Kier molecular flexibility index (Phi) is 6.58. The maximum Gasteiger partial charge on any atom is 0.387 e. The monoisotopic (exact) mass is 384 g/mol. The number of hydrogen-bond donors (Lipinski definition) is 0. The Hall–Kier alpha value is -3.30. The van der Waals surface area contributed by atoms with Crippen LogP contribution in [0.3, 0.4) is 0 Å². The van der Waals surface area contributed by atoms with Gasteiger partial charge < -0.3 is 14.4 Å². The number of amides is 1. The number of nitro groups is 1. The number of nitro benzene ring substituents is 1. The first kappa shape index (κ1) is 20.0. The van der Waals surface area contributed by atoms with Gasteiger partial charge >= 0.3 is 6.61 Å². The standard InChI is InChI=1S/C17H15F3N2O5/c1-21(9-11-2-5-13(6-3-11)27-17(19)20)16(23)10-26-15-7-4-12(22(24)25)8-14(15)18/h2-8,17H,9-10H2,1H3. The molecule has 0 fully saturated rings. The van der Waals surface area contributed by atoms with Gasteiger partial charge in [0.25, 0.3) is 11.6 Å². The van der Waals surface area contributed by atoms with E-state index in [2.05, 4.69) is 4.74 Å². The molecule has 2 aromatic rings. The maximum absolute atomic E-state index is 13.7. The number of nitrogens with zero attached hydrogens (tertiary/aromatic N) is 2. The molecule has 0 heterocycles. The van der Waals surface area contributed by atoms with Crippen molar-refractivity contribution in [2.45, 2.75) is 13.2 Å². The molecule has 27 heavy (non-hydrogen) atoms. The summed E-state index contributed by atoms with van der Waals surface area (Å²) < 4.78 is 47.2. The number of carbonyl (C=O) groups excluding carboxylic acids is 1. The Bertz CT molecular complexity index is 815. The van der Waals surface area contributed by atoms with Gasteiger partial charge in [0.1, 0.15) is 5.75 Å². The van der Waals surface area contributed by atoms with E-state index < -0.39 is 35.6 Å². The quantitative estimate of drug-likeness (QED) is 0.515. The number of alkyl halides is 2. The predicted molar refractivity (Wildman–Crippen MR) is 88.1 cm³/mol. The molecule has 0 spiro atoms. The van der Waals surface area contributed by atoms with Crippen molar-refractivity contribution in [3.05, 3.63) is 64.0 Å².